The Hall–Kier alpha value is -2.20. The van der Waals surface area contributed by atoms with Crippen LogP contribution < -0.4 is 4.74 Å². The van der Waals surface area contributed by atoms with Gasteiger partial charge in [-0.1, -0.05) is 18.2 Å². The molecule has 0 spiro atoms. The molecule has 3 aromatic rings. The van der Waals surface area contributed by atoms with Gasteiger partial charge in [0.2, 0.25) is 5.28 Å². The zero-order chi connectivity index (χ0) is 14.1. The Labute approximate surface area is 120 Å². The predicted molar refractivity (Wildman–Crippen MR) is 76.5 cm³/mol. The molecule has 20 heavy (non-hydrogen) atoms. The summed E-state index contributed by atoms with van der Waals surface area (Å²) < 4.78 is 18.5. The number of para-hydroxylation sites is 1. The second kappa shape index (κ2) is 5.06. The summed E-state index contributed by atoms with van der Waals surface area (Å²) in [7, 11) is 1.51. The highest BCUT2D eigenvalue weighted by Crippen LogP contribution is 2.34. The molecule has 0 radical (unpaired) electrons. The first-order valence-electron chi connectivity index (χ1n) is 5.94. The van der Waals surface area contributed by atoms with Crippen molar-refractivity contribution >= 4 is 22.5 Å². The van der Waals surface area contributed by atoms with Crippen LogP contribution in [0.1, 0.15) is 0 Å². The van der Waals surface area contributed by atoms with Gasteiger partial charge in [-0.05, 0) is 23.7 Å². The molecular formula is C15H10ClFN2O. The van der Waals surface area contributed by atoms with Gasteiger partial charge in [0.05, 0.1) is 12.6 Å². The summed E-state index contributed by atoms with van der Waals surface area (Å²) >= 11 is 5.86. The number of hydrogen-bond acceptors (Lipinski definition) is 3. The monoisotopic (exact) mass is 288 g/mol. The molecule has 100 valence electrons. The minimum Gasteiger partial charge on any atom is -0.496 e. The van der Waals surface area contributed by atoms with Crippen LogP contribution >= 0.6 is 11.6 Å². The maximum Gasteiger partial charge on any atom is 0.222 e. The van der Waals surface area contributed by atoms with Gasteiger partial charge in [0, 0.05) is 28.8 Å². The first-order chi connectivity index (χ1) is 9.69. The van der Waals surface area contributed by atoms with E-state index in [-0.39, 0.29) is 11.1 Å². The molecule has 0 unspecified atom stereocenters. The molecule has 5 heteroatoms. The smallest absolute Gasteiger partial charge is 0.222 e. The van der Waals surface area contributed by atoms with E-state index in [0.717, 1.165) is 16.5 Å². The van der Waals surface area contributed by atoms with Gasteiger partial charge in [0.25, 0.3) is 0 Å². The summed E-state index contributed by atoms with van der Waals surface area (Å²) in [5.41, 5.74) is 2.29. The lowest BCUT2D eigenvalue weighted by Crippen LogP contribution is -1.92. The number of ether oxygens (including phenoxy) is 1. The summed E-state index contributed by atoms with van der Waals surface area (Å²) in [5, 5.41) is 1.03. The van der Waals surface area contributed by atoms with Crippen molar-refractivity contribution in [3.63, 3.8) is 0 Å². The van der Waals surface area contributed by atoms with Crippen molar-refractivity contribution < 1.29 is 9.13 Å². The van der Waals surface area contributed by atoms with Crippen LogP contribution in [0.25, 0.3) is 22.0 Å². The third-order valence-corrected chi connectivity index (χ3v) is 3.22. The Morgan fingerprint density at radius 3 is 2.80 bits per heavy atom. The van der Waals surface area contributed by atoms with E-state index < -0.39 is 0 Å². The van der Waals surface area contributed by atoms with Gasteiger partial charge in [-0.2, -0.15) is 0 Å². The summed E-state index contributed by atoms with van der Waals surface area (Å²) in [6.45, 7) is 0. The summed E-state index contributed by atoms with van der Waals surface area (Å²) in [5.74, 6) is 0.103. The van der Waals surface area contributed by atoms with Crippen LogP contribution in [0.2, 0.25) is 5.28 Å². The number of benzene rings is 2. The van der Waals surface area contributed by atoms with E-state index >= 15 is 0 Å². The molecule has 0 saturated carbocycles. The van der Waals surface area contributed by atoms with Crippen LogP contribution in [0.4, 0.5) is 4.39 Å². The third kappa shape index (κ3) is 2.18. The molecule has 0 fully saturated rings. The first-order valence-corrected chi connectivity index (χ1v) is 6.32. The molecule has 0 N–H and O–H groups in total. The van der Waals surface area contributed by atoms with Crippen LogP contribution in [0.5, 0.6) is 5.75 Å². The molecular weight excluding hydrogens is 279 g/mol. The lowest BCUT2D eigenvalue weighted by Gasteiger charge is -2.10. The standard InChI is InChI=1S/C15H10ClFN2O/c1-20-13-7-10(17)5-6-11(13)12-4-2-3-9-8-18-15(16)19-14(9)12/h2-8H,1H3. The Kier molecular flexibility index (Phi) is 3.24. The maximum atomic E-state index is 13.3. The summed E-state index contributed by atoms with van der Waals surface area (Å²) in [4.78, 5) is 8.22. The number of rotatable bonds is 2. The molecule has 1 heterocycles. The summed E-state index contributed by atoms with van der Waals surface area (Å²) in [6.07, 6.45) is 1.66. The van der Waals surface area contributed by atoms with Crippen molar-refractivity contribution in [2.24, 2.45) is 0 Å². The van der Waals surface area contributed by atoms with Gasteiger partial charge >= 0.3 is 0 Å². The average Bonchev–Trinajstić information content (AvgIpc) is 2.46. The topological polar surface area (TPSA) is 35.0 Å². The molecule has 0 atom stereocenters. The third-order valence-electron chi connectivity index (χ3n) is 3.04. The molecule has 0 aliphatic carbocycles. The zero-order valence-corrected chi connectivity index (χ0v) is 11.4. The van der Waals surface area contributed by atoms with Crippen LogP contribution in [0, 0.1) is 5.82 Å². The second-order valence-corrected chi connectivity index (χ2v) is 4.57. The van der Waals surface area contributed by atoms with Crippen molar-refractivity contribution in [3.8, 4) is 16.9 Å². The van der Waals surface area contributed by atoms with E-state index in [9.17, 15) is 4.39 Å². The zero-order valence-electron chi connectivity index (χ0n) is 10.6. The molecule has 0 aliphatic rings. The predicted octanol–water partition coefficient (Wildman–Crippen LogP) is 4.10. The lowest BCUT2D eigenvalue weighted by molar-refractivity contribution is 0.413. The largest absolute Gasteiger partial charge is 0.496 e. The number of methoxy groups -OCH3 is 1. The Balaban J connectivity index is 2.32. The van der Waals surface area contributed by atoms with Crippen LogP contribution in [0.15, 0.2) is 42.6 Å². The van der Waals surface area contributed by atoms with E-state index in [1.54, 1.807) is 12.3 Å². The first kappa shape index (κ1) is 12.8. The fourth-order valence-electron chi connectivity index (χ4n) is 2.14. The van der Waals surface area contributed by atoms with Gasteiger partial charge in [0.15, 0.2) is 0 Å². The van der Waals surface area contributed by atoms with Crippen molar-refractivity contribution in [3.05, 3.63) is 53.7 Å². The van der Waals surface area contributed by atoms with Gasteiger partial charge in [-0.15, -0.1) is 0 Å². The second-order valence-electron chi connectivity index (χ2n) is 4.23. The Morgan fingerprint density at radius 1 is 1.15 bits per heavy atom. The van der Waals surface area contributed by atoms with Gasteiger partial charge in [-0.3, -0.25) is 0 Å². The van der Waals surface area contributed by atoms with Crippen LogP contribution in [-0.2, 0) is 0 Å². The van der Waals surface area contributed by atoms with Gasteiger partial charge in [0.1, 0.15) is 11.6 Å². The number of fused-ring (bicyclic) bond motifs is 1. The minimum absolute atomic E-state index is 0.172. The van der Waals surface area contributed by atoms with Crippen molar-refractivity contribution in [2.45, 2.75) is 0 Å². The molecule has 0 bridgehead atoms. The Bertz CT molecular complexity index is 792. The highest BCUT2D eigenvalue weighted by Gasteiger charge is 2.11. The molecule has 0 saturated heterocycles. The van der Waals surface area contributed by atoms with Crippen LogP contribution in [-0.4, -0.2) is 17.1 Å². The molecule has 0 aliphatic heterocycles. The van der Waals surface area contributed by atoms with Crippen LogP contribution in [0.3, 0.4) is 0 Å². The molecule has 1 aromatic heterocycles. The molecule has 0 amide bonds. The van der Waals surface area contributed by atoms with E-state index in [4.69, 9.17) is 16.3 Å². The van der Waals surface area contributed by atoms with E-state index in [1.807, 2.05) is 18.2 Å². The highest BCUT2D eigenvalue weighted by atomic mass is 35.5. The SMILES string of the molecule is COc1cc(F)ccc1-c1cccc2cnc(Cl)nc12. The van der Waals surface area contributed by atoms with E-state index in [1.165, 1.54) is 19.2 Å². The Morgan fingerprint density at radius 2 is 2.00 bits per heavy atom. The summed E-state index contributed by atoms with van der Waals surface area (Å²) in [6, 6.07) is 10.1. The molecule has 2 aromatic carbocycles. The van der Waals surface area contributed by atoms with Crippen molar-refractivity contribution in [2.75, 3.05) is 7.11 Å². The van der Waals surface area contributed by atoms with E-state index in [2.05, 4.69) is 9.97 Å². The fourth-order valence-corrected chi connectivity index (χ4v) is 2.27. The molecule has 3 rings (SSSR count). The molecule has 3 nitrogen and oxygen atoms in total. The fraction of sp³-hybridized carbons (Fsp3) is 0.0667. The number of halogens is 2. The maximum absolute atomic E-state index is 13.3. The van der Waals surface area contributed by atoms with Gasteiger partial charge in [-0.25, -0.2) is 14.4 Å². The van der Waals surface area contributed by atoms with E-state index in [0.29, 0.717) is 11.3 Å². The van der Waals surface area contributed by atoms with Gasteiger partial charge < -0.3 is 4.74 Å². The normalized spacial score (nSPS) is 10.8. The average molecular weight is 289 g/mol. The quantitative estimate of drug-likeness (QED) is 0.666. The number of nitrogens with zero attached hydrogens (tertiary/aromatic N) is 2. The number of aromatic nitrogens is 2. The highest BCUT2D eigenvalue weighted by molar-refractivity contribution is 6.28. The minimum atomic E-state index is -0.349. The van der Waals surface area contributed by atoms with Crippen molar-refractivity contribution in [1.29, 1.82) is 0 Å². The lowest BCUT2D eigenvalue weighted by atomic mass is 10.0. The number of hydrogen-bond donors (Lipinski definition) is 0. The van der Waals surface area contributed by atoms with Crippen molar-refractivity contribution in [1.82, 2.24) is 9.97 Å².